The monoisotopic (exact) mass is 390 g/mol. The van der Waals surface area contributed by atoms with Gasteiger partial charge in [0, 0.05) is 5.41 Å². The quantitative estimate of drug-likeness (QED) is 0.412. The van der Waals surface area contributed by atoms with Gasteiger partial charge in [0.15, 0.2) is 0 Å². The normalized spacial score (nSPS) is 16.6. The standard InChI is InChI=1S/C30H30/c1-19-12-6-8-14-22(19)25-18-27-29(24-16-10-11-17-26(24)30(27,4)5)28(21(25)3)23-15-9-7-13-20(23)2/h7-11,13-18H,6,12H2,1-5H3. The molecule has 2 aliphatic carbocycles. The number of fused-ring (bicyclic) bond motifs is 3. The molecule has 0 N–H and O–H groups in total. The highest BCUT2D eigenvalue weighted by Gasteiger charge is 2.38. The van der Waals surface area contributed by atoms with Gasteiger partial charge in [-0.1, -0.05) is 80.1 Å². The van der Waals surface area contributed by atoms with Crippen molar-refractivity contribution in [1.82, 2.24) is 0 Å². The van der Waals surface area contributed by atoms with Crippen LogP contribution in [0.2, 0.25) is 0 Å². The summed E-state index contributed by atoms with van der Waals surface area (Å²) in [4.78, 5) is 0. The lowest BCUT2D eigenvalue weighted by molar-refractivity contribution is 0.660. The van der Waals surface area contributed by atoms with Crippen LogP contribution in [0.5, 0.6) is 0 Å². The zero-order valence-corrected chi connectivity index (χ0v) is 18.8. The van der Waals surface area contributed by atoms with Crippen LogP contribution in [-0.4, -0.2) is 0 Å². The van der Waals surface area contributed by atoms with Gasteiger partial charge in [-0.3, -0.25) is 0 Å². The number of allylic oxidation sites excluding steroid dienone is 4. The highest BCUT2D eigenvalue weighted by Crippen LogP contribution is 2.54. The second kappa shape index (κ2) is 6.84. The van der Waals surface area contributed by atoms with Gasteiger partial charge in [-0.05, 0) is 95.3 Å². The molecule has 0 atom stereocenters. The van der Waals surface area contributed by atoms with Crippen LogP contribution in [0.3, 0.4) is 0 Å². The van der Waals surface area contributed by atoms with Gasteiger partial charge >= 0.3 is 0 Å². The van der Waals surface area contributed by atoms with Gasteiger partial charge in [-0.2, -0.15) is 0 Å². The van der Waals surface area contributed by atoms with Crippen LogP contribution in [0.15, 0.2) is 72.3 Å². The van der Waals surface area contributed by atoms with Crippen LogP contribution in [0.4, 0.5) is 0 Å². The third-order valence-corrected chi connectivity index (χ3v) is 7.26. The SMILES string of the molecule is CC1=C(c2cc3c(c(-c4ccccc4C)c2C)-c2ccccc2C3(C)C)C=CCC1. The average Bonchev–Trinajstić information content (AvgIpc) is 2.96. The summed E-state index contributed by atoms with van der Waals surface area (Å²) in [5.41, 5.74) is 15.6. The van der Waals surface area contributed by atoms with Gasteiger partial charge in [0.1, 0.15) is 0 Å². The van der Waals surface area contributed by atoms with Crippen molar-refractivity contribution in [2.24, 2.45) is 0 Å². The van der Waals surface area contributed by atoms with Crippen LogP contribution in [-0.2, 0) is 5.41 Å². The lowest BCUT2D eigenvalue weighted by Crippen LogP contribution is -2.15. The van der Waals surface area contributed by atoms with Crippen molar-refractivity contribution in [3.63, 3.8) is 0 Å². The minimum Gasteiger partial charge on any atom is -0.0836 e. The average molecular weight is 391 g/mol. The fourth-order valence-electron chi connectivity index (χ4n) is 5.51. The van der Waals surface area contributed by atoms with Gasteiger partial charge in [0.05, 0.1) is 0 Å². The molecule has 0 saturated heterocycles. The van der Waals surface area contributed by atoms with Crippen LogP contribution in [0.25, 0.3) is 27.8 Å². The minimum atomic E-state index is -0.00133. The molecule has 30 heavy (non-hydrogen) atoms. The summed E-state index contributed by atoms with van der Waals surface area (Å²) in [6.45, 7) is 11.6. The molecule has 0 unspecified atom stereocenters. The molecule has 0 saturated carbocycles. The Hall–Kier alpha value is -2.86. The van der Waals surface area contributed by atoms with E-state index in [1.54, 1.807) is 0 Å². The van der Waals surface area contributed by atoms with E-state index in [1.165, 1.54) is 61.2 Å². The molecular formula is C30H30. The molecule has 0 heteroatoms. The zero-order chi connectivity index (χ0) is 21.0. The molecule has 150 valence electrons. The van der Waals surface area contributed by atoms with E-state index >= 15 is 0 Å². The maximum Gasteiger partial charge on any atom is 0.0159 e. The maximum atomic E-state index is 2.50. The van der Waals surface area contributed by atoms with Crippen LogP contribution >= 0.6 is 0 Å². The molecule has 0 spiro atoms. The molecule has 2 aliphatic rings. The Balaban J connectivity index is 1.94. The van der Waals surface area contributed by atoms with Crippen molar-refractivity contribution in [2.45, 2.75) is 52.9 Å². The summed E-state index contributed by atoms with van der Waals surface area (Å²) in [7, 11) is 0. The first-order valence-corrected chi connectivity index (χ1v) is 11.1. The van der Waals surface area contributed by atoms with Gasteiger partial charge < -0.3 is 0 Å². The number of hydrogen-bond donors (Lipinski definition) is 0. The van der Waals surface area contributed by atoms with Crippen molar-refractivity contribution in [2.75, 3.05) is 0 Å². The Labute approximate surface area is 181 Å². The predicted octanol–water partition coefficient (Wildman–Crippen LogP) is 8.40. The summed E-state index contributed by atoms with van der Waals surface area (Å²) in [5.74, 6) is 0. The molecule has 0 amide bonds. The van der Waals surface area contributed by atoms with Crippen molar-refractivity contribution >= 4 is 5.57 Å². The topological polar surface area (TPSA) is 0 Å². The smallest absolute Gasteiger partial charge is 0.0159 e. The Bertz CT molecular complexity index is 1230. The number of hydrogen-bond acceptors (Lipinski definition) is 0. The molecule has 3 aromatic carbocycles. The van der Waals surface area contributed by atoms with E-state index < -0.39 is 0 Å². The first kappa shape index (κ1) is 19.1. The zero-order valence-electron chi connectivity index (χ0n) is 18.8. The summed E-state index contributed by atoms with van der Waals surface area (Å²) >= 11 is 0. The second-order valence-electron chi connectivity index (χ2n) is 9.47. The molecule has 5 rings (SSSR count). The molecule has 0 heterocycles. The highest BCUT2D eigenvalue weighted by molar-refractivity contribution is 5.98. The van der Waals surface area contributed by atoms with E-state index in [0.29, 0.717) is 0 Å². The number of benzene rings is 3. The van der Waals surface area contributed by atoms with Gasteiger partial charge in [0.25, 0.3) is 0 Å². The Morgan fingerprint density at radius 2 is 1.43 bits per heavy atom. The van der Waals surface area contributed by atoms with Crippen molar-refractivity contribution in [3.05, 3.63) is 100 Å². The van der Waals surface area contributed by atoms with Crippen LogP contribution in [0.1, 0.15) is 61.4 Å². The van der Waals surface area contributed by atoms with Crippen molar-refractivity contribution in [1.29, 1.82) is 0 Å². The maximum absolute atomic E-state index is 2.50. The largest absolute Gasteiger partial charge is 0.0836 e. The van der Waals surface area contributed by atoms with Gasteiger partial charge in [-0.25, -0.2) is 0 Å². The molecule has 0 fully saturated rings. The summed E-state index contributed by atoms with van der Waals surface area (Å²) < 4.78 is 0. The summed E-state index contributed by atoms with van der Waals surface area (Å²) in [6.07, 6.45) is 7.00. The van der Waals surface area contributed by atoms with Crippen molar-refractivity contribution < 1.29 is 0 Å². The lowest BCUT2D eigenvalue weighted by Gasteiger charge is -2.26. The Kier molecular flexibility index (Phi) is 4.36. The first-order valence-electron chi connectivity index (χ1n) is 11.1. The molecule has 0 aliphatic heterocycles. The first-order chi connectivity index (χ1) is 14.4. The predicted molar refractivity (Wildman–Crippen MR) is 130 cm³/mol. The van der Waals surface area contributed by atoms with E-state index in [-0.39, 0.29) is 5.41 Å². The third kappa shape index (κ3) is 2.67. The lowest BCUT2D eigenvalue weighted by atomic mass is 9.77. The van der Waals surface area contributed by atoms with E-state index in [1.807, 2.05) is 0 Å². The van der Waals surface area contributed by atoms with E-state index in [0.717, 1.165) is 12.8 Å². The van der Waals surface area contributed by atoms with E-state index in [2.05, 4.69) is 101 Å². The third-order valence-electron chi connectivity index (χ3n) is 7.26. The van der Waals surface area contributed by atoms with Crippen LogP contribution < -0.4 is 0 Å². The molecule has 0 radical (unpaired) electrons. The van der Waals surface area contributed by atoms with Gasteiger partial charge in [0.2, 0.25) is 0 Å². The molecular weight excluding hydrogens is 360 g/mol. The minimum absolute atomic E-state index is 0.00133. The fraction of sp³-hybridized carbons (Fsp3) is 0.267. The van der Waals surface area contributed by atoms with Crippen LogP contribution in [0, 0.1) is 13.8 Å². The fourth-order valence-corrected chi connectivity index (χ4v) is 5.51. The second-order valence-corrected chi connectivity index (χ2v) is 9.47. The Morgan fingerprint density at radius 3 is 2.17 bits per heavy atom. The number of rotatable bonds is 2. The molecule has 0 aromatic heterocycles. The Morgan fingerprint density at radius 1 is 0.733 bits per heavy atom. The summed E-state index contributed by atoms with van der Waals surface area (Å²) in [5, 5.41) is 0. The van der Waals surface area contributed by atoms with Gasteiger partial charge in [-0.15, -0.1) is 0 Å². The molecule has 0 nitrogen and oxygen atoms in total. The van der Waals surface area contributed by atoms with E-state index in [4.69, 9.17) is 0 Å². The molecule has 3 aromatic rings. The summed E-state index contributed by atoms with van der Waals surface area (Å²) in [6, 6.07) is 20.4. The number of aryl methyl sites for hydroxylation is 1. The van der Waals surface area contributed by atoms with Crippen molar-refractivity contribution in [3.8, 4) is 22.3 Å². The molecule has 0 bridgehead atoms. The highest BCUT2D eigenvalue weighted by atomic mass is 14.4. The van der Waals surface area contributed by atoms with E-state index in [9.17, 15) is 0 Å².